The zero-order valence-electron chi connectivity index (χ0n) is 22.0. The van der Waals surface area contributed by atoms with Crippen molar-refractivity contribution in [3.05, 3.63) is 69.9 Å². The maximum Gasteiger partial charge on any atom is 0.418 e. The molecule has 5 fully saturated rings. The molecule has 3 saturated carbocycles. The van der Waals surface area contributed by atoms with E-state index in [-0.39, 0.29) is 17.1 Å². The molecule has 0 bridgehead atoms. The molecule has 7 nitrogen and oxygen atoms in total. The van der Waals surface area contributed by atoms with Gasteiger partial charge in [0.05, 0.1) is 29.6 Å². The van der Waals surface area contributed by atoms with E-state index in [4.69, 9.17) is 0 Å². The van der Waals surface area contributed by atoms with Gasteiger partial charge in [0, 0.05) is 37.4 Å². The van der Waals surface area contributed by atoms with Crippen LogP contribution in [0.4, 0.5) is 13.2 Å². The van der Waals surface area contributed by atoms with Crippen molar-refractivity contribution in [1.29, 1.82) is 0 Å². The summed E-state index contributed by atoms with van der Waals surface area (Å²) in [6, 6.07) is 9.08. The first kappa shape index (κ1) is 24.2. The van der Waals surface area contributed by atoms with Crippen LogP contribution < -0.4 is 16.5 Å². The molecule has 3 aromatic rings. The summed E-state index contributed by atoms with van der Waals surface area (Å²) >= 11 is 0. The maximum absolute atomic E-state index is 14.2. The summed E-state index contributed by atoms with van der Waals surface area (Å²) in [7, 11) is 2.09. The minimum atomic E-state index is -4.56. The molecule has 39 heavy (non-hydrogen) atoms. The summed E-state index contributed by atoms with van der Waals surface area (Å²) in [5, 5.41) is 0. The fourth-order valence-corrected chi connectivity index (χ4v) is 7.88. The van der Waals surface area contributed by atoms with Crippen LogP contribution in [0.2, 0.25) is 0 Å². The number of hydrazine groups is 1. The lowest BCUT2D eigenvalue weighted by Gasteiger charge is -2.54. The van der Waals surface area contributed by atoms with E-state index < -0.39 is 17.4 Å². The number of pyridine rings is 1. The number of hydrogen-bond acceptors (Lipinski definition) is 5. The number of nitrogens with zero attached hydrogens (tertiary/aromatic N) is 4. The molecule has 2 saturated heterocycles. The van der Waals surface area contributed by atoms with Crippen molar-refractivity contribution in [3.8, 4) is 5.69 Å². The van der Waals surface area contributed by atoms with Crippen molar-refractivity contribution in [2.24, 2.45) is 10.8 Å². The fraction of sp³-hybridized carbons (Fsp3) is 0.552. The number of aromatic nitrogens is 2. The van der Waals surface area contributed by atoms with Crippen molar-refractivity contribution in [2.75, 3.05) is 26.8 Å². The minimum absolute atomic E-state index is 0.111. The second-order valence-electron chi connectivity index (χ2n) is 13.1. The van der Waals surface area contributed by atoms with E-state index in [9.17, 15) is 18.0 Å². The highest BCUT2D eigenvalue weighted by Gasteiger charge is 2.65. The minimum Gasteiger partial charge on any atom is -0.298 e. The highest BCUT2D eigenvalue weighted by Crippen LogP contribution is 2.70. The van der Waals surface area contributed by atoms with E-state index >= 15 is 0 Å². The Morgan fingerprint density at radius 3 is 2.41 bits per heavy atom. The van der Waals surface area contributed by atoms with Crippen molar-refractivity contribution in [1.82, 2.24) is 29.6 Å². The van der Waals surface area contributed by atoms with Crippen LogP contribution in [0, 0.1) is 10.8 Å². The van der Waals surface area contributed by atoms with Gasteiger partial charge in [-0.2, -0.15) is 13.2 Å². The standard InChI is InChI=1S/C29H33F3N6O/c1-35-18-33-34-24(35)28(14-26(15-28)5-6-26)20-3-2-4-21(10-20)37-13-23-22(29(30,31)32)9-19(12-38(23)25(37)39)11-36-16-27(17-36)7-8-27/h2-4,9-10,12-13,24,33-34H,5-8,11,14-18H2,1H3. The second-order valence-corrected chi connectivity index (χ2v) is 13.1. The zero-order chi connectivity index (χ0) is 26.8. The second kappa shape index (κ2) is 7.75. The molecular weight excluding hydrogens is 505 g/mol. The van der Waals surface area contributed by atoms with Crippen LogP contribution in [0.3, 0.4) is 0 Å². The molecule has 0 radical (unpaired) electrons. The van der Waals surface area contributed by atoms with Gasteiger partial charge in [-0.15, -0.1) is 0 Å². The molecule has 2 aliphatic heterocycles. The average molecular weight is 539 g/mol. The number of alkyl halides is 3. The Bertz CT molecular complexity index is 1530. The van der Waals surface area contributed by atoms with Crippen molar-refractivity contribution in [2.45, 2.75) is 62.8 Å². The number of likely N-dealkylation sites (N-methyl/N-ethyl adjacent to an activating group) is 1. The third-order valence-electron chi connectivity index (χ3n) is 10.2. The van der Waals surface area contributed by atoms with E-state index in [2.05, 4.69) is 33.8 Å². The van der Waals surface area contributed by atoms with Crippen LogP contribution in [-0.2, 0) is 18.1 Å². The highest BCUT2D eigenvalue weighted by molar-refractivity contribution is 5.58. The number of likely N-dealkylation sites (tertiary alicyclic amines) is 1. The Kier molecular flexibility index (Phi) is 4.80. The molecule has 1 aromatic carbocycles. The molecule has 10 heteroatoms. The molecule has 3 aliphatic carbocycles. The van der Waals surface area contributed by atoms with Gasteiger partial charge in [0.25, 0.3) is 0 Å². The van der Waals surface area contributed by atoms with Gasteiger partial charge in [-0.1, -0.05) is 12.1 Å². The third-order valence-corrected chi connectivity index (χ3v) is 10.2. The molecular formula is C29H33F3N6O. The number of imidazole rings is 1. The number of benzene rings is 1. The number of rotatable bonds is 5. The van der Waals surface area contributed by atoms with Crippen molar-refractivity contribution >= 4 is 5.52 Å². The smallest absolute Gasteiger partial charge is 0.298 e. The summed E-state index contributed by atoms with van der Waals surface area (Å²) in [5.74, 6) is 0. The average Bonchev–Trinajstić information content (AvgIpc) is 3.76. The Morgan fingerprint density at radius 2 is 1.77 bits per heavy atom. The van der Waals surface area contributed by atoms with E-state index in [1.165, 1.54) is 46.9 Å². The number of nitrogens with one attached hydrogen (secondary N) is 2. The van der Waals surface area contributed by atoms with E-state index in [0.29, 0.717) is 28.6 Å². The largest absolute Gasteiger partial charge is 0.418 e. The molecule has 4 heterocycles. The molecule has 2 spiro atoms. The molecule has 1 unspecified atom stereocenters. The lowest BCUT2D eigenvalue weighted by atomic mass is 9.54. The van der Waals surface area contributed by atoms with Crippen molar-refractivity contribution < 1.29 is 13.2 Å². The Hall–Kier alpha value is -2.66. The molecule has 8 rings (SSSR count). The number of halogens is 3. The predicted molar refractivity (Wildman–Crippen MR) is 140 cm³/mol. The Labute approximate surface area is 224 Å². The normalized spacial score (nSPS) is 26.7. The SMILES string of the molecule is CN1CNNC1C1(c2cccc(-n3cc4c(C(F)(F)F)cc(CN5CC6(CC6)C5)cn4c3=O)c2)CC2(CC2)C1. The van der Waals surface area contributed by atoms with E-state index in [1.54, 1.807) is 6.20 Å². The summed E-state index contributed by atoms with van der Waals surface area (Å²) in [4.78, 5) is 18.1. The van der Waals surface area contributed by atoms with Crippen LogP contribution in [0.15, 0.2) is 47.5 Å². The number of hydrogen-bond donors (Lipinski definition) is 2. The molecule has 1 atom stereocenters. The van der Waals surface area contributed by atoms with E-state index in [1.807, 2.05) is 18.2 Å². The van der Waals surface area contributed by atoms with Crippen molar-refractivity contribution in [3.63, 3.8) is 0 Å². The Balaban J connectivity index is 1.19. The molecule has 206 valence electrons. The highest BCUT2D eigenvalue weighted by atomic mass is 19.4. The monoisotopic (exact) mass is 538 g/mol. The molecule has 2 N–H and O–H groups in total. The van der Waals surface area contributed by atoms with E-state index in [0.717, 1.165) is 38.2 Å². The van der Waals surface area contributed by atoms with Gasteiger partial charge in [-0.25, -0.2) is 15.6 Å². The summed E-state index contributed by atoms with van der Waals surface area (Å²) < 4.78 is 45.2. The first-order chi connectivity index (χ1) is 18.6. The third kappa shape index (κ3) is 3.68. The summed E-state index contributed by atoms with van der Waals surface area (Å²) in [6.07, 6.45) is 5.57. The van der Waals surface area contributed by atoms with Crippen LogP contribution >= 0.6 is 0 Å². The van der Waals surface area contributed by atoms with Gasteiger partial charge in [0.1, 0.15) is 0 Å². The van der Waals surface area contributed by atoms with Gasteiger partial charge in [-0.05, 0) is 85.7 Å². The van der Waals surface area contributed by atoms with Crippen LogP contribution in [0.25, 0.3) is 11.2 Å². The summed E-state index contributed by atoms with van der Waals surface area (Å²) in [6.45, 7) is 3.02. The van der Waals surface area contributed by atoms with Gasteiger partial charge in [0.2, 0.25) is 0 Å². The lowest BCUT2D eigenvalue weighted by Crippen LogP contribution is -2.59. The predicted octanol–water partition coefficient (Wildman–Crippen LogP) is 3.84. The quantitative estimate of drug-likeness (QED) is 0.517. The van der Waals surface area contributed by atoms with Gasteiger partial charge in [-0.3, -0.25) is 18.8 Å². The first-order valence-electron chi connectivity index (χ1n) is 13.9. The van der Waals surface area contributed by atoms with Crippen LogP contribution in [0.5, 0.6) is 0 Å². The topological polar surface area (TPSA) is 56.9 Å². The lowest BCUT2D eigenvalue weighted by molar-refractivity contribution is -0.136. The fourth-order valence-electron chi connectivity index (χ4n) is 7.88. The Morgan fingerprint density at radius 1 is 1.03 bits per heavy atom. The molecule has 5 aliphatic rings. The van der Waals surface area contributed by atoms with Gasteiger partial charge >= 0.3 is 11.9 Å². The first-order valence-corrected chi connectivity index (χ1v) is 13.9. The summed E-state index contributed by atoms with van der Waals surface area (Å²) in [5.41, 5.74) is 8.31. The molecule has 2 aromatic heterocycles. The maximum atomic E-state index is 14.2. The molecule has 0 amide bonds. The van der Waals surface area contributed by atoms with Crippen LogP contribution in [-0.4, -0.2) is 51.7 Å². The van der Waals surface area contributed by atoms with Crippen LogP contribution in [0.1, 0.15) is 55.2 Å². The van der Waals surface area contributed by atoms with Gasteiger partial charge in [0.15, 0.2) is 0 Å². The van der Waals surface area contributed by atoms with Gasteiger partial charge < -0.3 is 0 Å². The number of fused-ring (bicyclic) bond motifs is 1. The zero-order valence-corrected chi connectivity index (χ0v) is 22.0.